The maximum Gasteiger partial charge on any atom is 0.410 e. The Morgan fingerprint density at radius 1 is 1.36 bits per heavy atom. The van der Waals surface area contributed by atoms with Crippen LogP contribution in [-0.2, 0) is 4.74 Å². The van der Waals surface area contributed by atoms with E-state index in [1.54, 1.807) is 17.3 Å². The molecule has 0 saturated carbocycles. The second-order valence-electron chi connectivity index (χ2n) is 6.49. The molecule has 0 bridgehead atoms. The lowest BCUT2D eigenvalue weighted by Gasteiger charge is -2.44. The zero-order valence-corrected chi connectivity index (χ0v) is 14.1. The van der Waals surface area contributed by atoms with Gasteiger partial charge in [0.15, 0.2) is 0 Å². The van der Waals surface area contributed by atoms with Crippen molar-refractivity contribution in [2.24, 2.45) is 0 Å². The molecule has 1 atom stereocenters. The zero-order chi connectivity index (χ0) is 17.4. The summed E-state index contributed by atoms with van der Waals surface area (Å²) in [5, 5.41) is 0. The molecule has 0 aliphatic carbocycles. The Morgan fingerprint density at radius 3 is 2.96 bits per heavy atom. The van der Waals surface area contributed by atoms with Crippen molar-refractivity contribution in [1.82, 2.24) is 19.8 Å². The molecule has 0 spiro atoms. The summed E-state index contributed by atoms with van der Waals surface area (Å²) in [6.45, 7) is 3.86. The van der Waals surface area contributed by atoms with Gasteiger partial charge in [-0.1, -0.05) is 25.1 Å². The fraction of sp³-hybridized carbons (Fsp3) is 0.389. The number of hydrogen-bond donors (Lipinski definition) is 1. The smallest absolute Gasteiger partial charge is 0.410 e. The Labute approximate surface area is 145 Å². The van der Waals surface area contributed by atoms with Crippen molar-refractivity contribution >= 4 is 12.0 Å². The number of H-pyrrole nitrogens is 1. The SMILES string of the molecule is CCC12COC(=O)N1CCN(C(=O)c1ccccc1-c1ncc[nH]1)C2. The highest BCUT2D eigenvalue weighted by molar-refractivity contribution is 6.00. The molecule has 25 heavy (non-hydrogen) atoms. The minimum Gasteiger partial charge on any atom is -0.447 e. The molecule has 0 radical (unpaired) electrons. The normalized spacial score (nSPS) is 22.7. The molecule has 3 heterocycles. The highest BCUT2D eigenvalue weighted by atomic mass is 16.6. The largest absolute Gasteiger partial charge is 0.447 e. The van der Waals surface area contributed by atoms with E-state index in [9.17, 15) is 9.59 Å². The van der Waals surface area contributed by atoms with Gasteiger partial charge in [0.25, 0.3) is 5.91 Å². The monoisotopic (exact) mass is 340 g/mol. The summed E-state index contributed by atoms with van der Waals surface area (Å²) in [5.74, 6) is 0.631. The van der Waals surface area contributed by atoms with Crippen molar-refractivity contribution in [3.8, 4) is 11.4 Å². The van der Waals surface area contributed by atoms with Gasteiger partial charge in [0.2, 0.25) is 0 Å². The third kappa shape index (κ3) is 2.47. The summed E-state index contributed by atoms with van der Waals surface area (Å²) in [4.78, 5) is 36.0. The van der Waals surface area contributed by atoms with E-state index in [1.165, 1.54) is 0 Å². The summed E-state index contributed by atoms with van der Waals surface area (Å²) in [5.41, 5.74) is 0.983. The third-order valence-electron chi connectivity index (χ3n) is 5.19. The number of imidazole rings is 1. The molecule has 1 aromatic heterocycles. The molecule has 2 saturated heterocycles. The van der Waals surface area contributed by atoms with Gasteiger partial charge in [-0.3, -0.25) is 9.69 Å². The highest BCUT2D eigenvalue weighted by Gasteiger charge is 2.50. The van der Waals surface area contributed by atoms with E-state index < -0.39 is 5.54 Å². The molecule has 7 nitrogen and oxygen atoms in total. The Morgan fingerprint density at radius 2 is 2.20 bits per heavy atom. The molecule has 2 fully saturated rings. The number of nitrogens with zero attached hydrogens (tertiary/aromatic N) is 3. The van der Waals surface area contributed by atoms with Crippen LogP contribution in [0.25, 0.3) is 11.4 Å². The average Bonchev–Trinajstić information content (AvgIpc) is 3.30. The number of piperazine rings is 1. The van der Waals surface area contributed by atoms with Crippen molar-refractivity contribution < 1.29 is 14.3 Å². The number of carbonyl (C=O) groups excluding carboxylic acids is 2. The number of fused-ring (bicyclic) bond motifs is 1. The van der Waals surface area contributed by atoms with Crippen molar-refractivity contribution in [3.05, 3.63) is 42.2 Å². The van der Waals surface area contributed by atoms with Gasteiger partial charge in [-0.15, -0.1) is 0 Å². The van der Waals surface area contributed by atoms with Crippen LogP contribution in [0, 0.1) is 0 Å². The van der Waals surface area contributed by atoms with Gasteiger partial charge in [-0.25, -0.2) is 9.78 Å². The van der Waals surface area contributed by atoms with Gasteiger partial charge in [-0.05, 0) is 12.5 Å². The van der Waals surface area contributed by atoms with E-state index in [0.717, 1.165) is 12.0 Å². The van der Waals surface area contributed by atoms with Gasteiger partial charge in [-0.2, -0.15) is 0 Å². The Balaban J connectivity index is 1.64. The van der Waals surface area contributed by atoms with Gasteiger partial charge < -0.3 is 14.6 Å². The third-order valence-corrected chi connectivity index (χ3v) is 5.19. The summed E-state index contributed by atoms with van der Waals surface area (Å²) < 4.78 is 5.24. The van der Waals surface area contributed by atoms with Crippen LogP contribution in [-0.4, -0.2) is 63.5 Å². The second-order valence-corrected chi connectivity index (χ2v) is 6.49. The molecule has 2 amide bonds. The van der Waals surface area contributed by atoms with E-state index in [0.29, 0.717) is 37.6 Å². The van der Waals surface area contributed by atoms with Gasteiger partial charge in [0.05, 0.1) is 11.1 Å². The molecule has 130 valence electrons. The van der Waals surface area contributed by atoms with Crippen molar-refractivity contribution in [2.45, 2.75) is 18.9 Å². The molecule has 1 N–H and O–H groups in total. The van der Waals surface area contributed by atoms with Gasteiger partial charge >= 0.3 is 6.09 Å². The van der Waals surface area contributed by atoms with Gasteiger partial charge in [0.1, 0.15) is 12.4 Å². The number of nitrogens with one attached hydrogen (secondary N) is 1. The molecule has 1 aromatic carbocycles. The molecule has 2 aliphatic heterocycles. The van der Waals surface area contributed by atoms with E-state index >= 15 is 0 Å². The topological polar surface area (TPSA) is 78.5 Å². The molecule has 4 rings (SSSR count). The van der Waals surface area contributed by atoms with Crippen LogP contribution in [0.2, 0.25) is 0 Å². The van der Waals surface area contributed by atoms with E-state index in [-0.39, 0.29) is 12.0 Å². The summed E-state index contributed by atoms with van der Waals surface area (Å²) >= 11 is 0. The predicted molar refractivity (Wildman–Crippen MR) is 91.0 cm³/mol. The Hall–Kier alpha value is -2.83. The van der Waals surface area contributed by atoms with Crippen LogP contribution in [0.15, 0.2) is 36.7 Å². The van der Waals surface area contributed by atoms with Crippen LogP contribution < -0.4 is 0 Å². The number of carbonyl (C=O) groups is 2. The van der Waals surface area contributed by atoms with E-state index in [1.807, 2.05) is 36.1 Å². The first-order chi connectivity index (χ1) is 12.1. The average molecular weight is 340 g/mol. The zero-order valence-electron chi connectivity index (χ0n) is 14.1. The number of hydrogen-bond acceptors (Lipinski definition) is 4. The quantitative estimate of drug-likeness (QED) is 0.928. The molecule has 2 aromatic rings. The lowest BCUT2D eigenvalue weighted by molar-refractivity contribution is 0.0362. The van der Waals surface area contributed by atoms with Crippen LogP contribution in [0.3, 0.4) is 0 Å². The number of cyclic esters (lactones) is 1. The summed E-state index contributed by atoms with van der Waals surface area (Å²) in [7, 11) is 0. The van der Waals surface area contributed by atoms with Crippen LogP contribution in [0.4, 0.5) is 4.79 Å². The number of ether oxygens (including phenoxy) is 1. The second kappa shape index (κ2) is 5.91. The highest BCUT2D eigenvalue weighted by Crippen LogP contribution is 2.33. The van der Waals surface area contributed by atoms with Crippen LogP contribution >= 0.6 is 0 Å². The Bertz CT molecular complexity index is 804. The van der Waals surface area contributed by atoms with Gasteiger partial charge in [0, 0.05) is 37.6 Å². The minimum atomic E-state index is -0.412. The number of aromatic nitrogens is 2. The maximum absolute atomic E-state index is 13.2. The van der Waals surface area contributed by atoms with Crippen molar-refractivity contribution in [1.29, 1.82) is 0 Å². The fourth-order valence-corrected chi connectivity index (χ4v) is 3.70. The lowest BCUT2D eigenvalue weighted by atomic mass is 9.92. The molecular formula is C18H20N4O3. The first kappa shape index (κ1) is 15.7. The van der Waals surface area contributed by atoms with E-state index in [4.69, 9.17) is 4.74 Å². The van der Waals surface area contributed by atoms with Crippen molar-refractivity contribution in [2.75, 3.05) is 26.2 Å². The molecular weight excluding hydrogens is 320 g/mol. The molecule has 2 aliphatic rings. The standard InChI is InChI=1S/C18H20N4O3/c1-2-18-11-21(9-10-22(18)17(24)25-12-18)16(23)14-6-4-3-5-13(14)15-19-7-8-20-15/h3-8H,2,9-12H2,1H3,(H,19,20). The Kier molecular flexibility index (Phi) is 3.71. The van der Waals surface area contributed by atoms with Crippen molar-refractivity contribution in [3.63, 3.8) is 0 Å². The number of amides is 2. The van der Waals surface area contributed by atoms with E-state index in [2.05, 4.69) is 9.97 Å². The number of rotatable bonds is 3. The number of benzene rings is 1. The first-order valence-electron chi connectivity index (χ1n) is 8.47. The van der Waals surface area contributed by atoms with Crippen LogP contribution in [0.1, 0.15) is 23.7 Å². The molecule has 1 unspecified atom stereocenters. The first-order valence-corrected chi connectivity index (χ1v) is 8.47. The number of aromatic amines is 1. The summed E-state index contributed by atoms with van der Waals surface area (Å²) in [6.07, 6.45) is 3.89. The fourth-order valence-electron chi connectivity index (χ4n) is 3.70. The molecule has 7 heteroatoms. The maximum atomic E-state index is 13.2. The minimum absolute atomic E-state index is 0.0428. The lowest BCUT2D eigenvalue weighted by Crippen LogP contribution is -2.62. The predicted octanol–water partition coefficient (Wildman–Crippen LogP) is 2.13. The summed E-state index contributed by atoms with van der Waals surface area (Å²) in [6, 6.07) is 7.46. The van der Waals surface area contributed by atoms with Crippen LogP contribution in [0.5, 0.6) is 0 Å².